The third-order valence-electron chi connectivity index (χ3n) is 2.57. The number of aliphatic hydroxyl groups is 3. The van der Waals surface area contributed by atoms with Crippen LogP contribution in [0, 0.1) is 0 Å². The fourth-order valence-corrected chi connectivity index (χ4v) is 1.68. The van der Waals surface area contributed by atoms with E-state index < -0.39 is 36.7 Å². The van der Waals surface area contributed by atoms with Crippen LogP contribution in [0.3, 0.4) is 0 Å². The van der Waals surface area contributed by atoms with Crippen LogP contribution in [-0.2, 0) is 4.74 Å². The molecule has 1 aromatic rings. The Morgan fingerprint density at radius 1 is 1.41 bits per heavy atom. The van der Waals surface area contributed by atoms with E-state index in [1.165, 1.54) is 0 Å². The van der Waals surface area contributed by atoms with Crippen LogP contribution in [-0.4, -0.2) is 55.1 Å². The number of nitrogens with zero attached hydrogens (tertiary/aromatic N) is 2. The third kappa shape index (κ3) is 2.03. The van der Waals surface area contributed by atoms with Crippen molar-refractivity contribution in [3.05, 3.63) is 22.6 Å². The average Bonchev–Trinajstić information content (AvgIpc) is 2.57. The van der Waals surface area contributed by atoms with E-state index in [9.17, 15) is 15.0 Å². The molecule has 0 radical (unpaired) electrons. The molecule has 1 saturated heterocycles. The van der Waals surface area contributed by atoms with Gasteiger partial charge in [0.2, 0.25) is 0 Å². The first-order valence-corrected chi connectivity index (χ1v) is 4.95. The topological polar surface area (TPSA) is 125 Å². The smallest absolute Gasteiger partial charge is 0.272 e. The zero-order valence-electron chi connectivity index (χ0n) is 8.67. The third-order valence-corrected chi connectivity index (χ3v) is 2.57. The molecule has 17 heavy (non-hydrogen) atoms. The lowest BCUT2D eigenvalue weighted by Gasteiger charge is -2.15. The van der Waals surface area contributed by atoms with Gasteiger partial charge in [0.05, 0.1) is 12.8 Å². The maximum absolute atomic E-state index is 11.5. The minimum absolute atomic E-state index is 0.307. The molecule has 0 aliphatic carbocycles. The molecular formula is C9H12N2O6. The molecule has 2 rings (SSSR count). The summed E-state index contributed by atoms with van der Waals surface area (Å²) in [6.45, 7) is -0.485. The van der Waals surface area contributed by atoms with E-state index in [2.05, 4.69) is 5.10 Å². The number of aromatic nitrogens is 2. The first-order valence-electron chi connectivity index (χ1n) is 4.95. The summed E-state index contributed by atoms with van der Waals surface area (Å²) in [5, 5.41) is 40.7. The summed E-state index contributed by atoms with van der Waals surface area (Å²) in [6.07, 6.45) is -3.82. The highest BCUT2D eigenvalue weighted by atomic mass is 16.6. The van der Waals surface area contributed by atoms with Crippen molar-refractivity contribution in [3.8, 4) is 5.75 Å². The second kappa shape index (κ2) is 4.41. The van der Waals surface area contributed by atoms with Crippen LogP contribution in [0.4, 0.5) is 0 Å². The number of hydrogen-bond donors (Lipinski definition) is 4. The van der Waals surface area contributed by atoms with Crippen molar-refractivity contribution in [2.75, 3.05) is 6.61 Å². The molecule has 0 aromatic carbocycles. The molecule has 1 aliphatic rings. The molecule has 8 nitrogen and oxygen atoms in total. The molecule has 0 unspecified atom stereocenters. The fraction of sp³-hybridized carbons (Fsp3) is 0.556. The molecule has 8 heteroatoms. The fourth-order valence-electron chi connectivity index (χ4n) is 1.68. The monoisotopic (exact) mass is 244 g/mol. The Hall–Kier alpha value is -1.48. The predicted molar refractivity (Wildman–Crippen MR) is 53.2 cm³/mol. The Morgan fingerprint density at radius 2 is 2.12 bits per heavy atom. The van der Waals surface area contributed by atoms with E-state index in [0.29, 0.717) is 0 Å². The summed E-state index contributed by atoms with van der Waals surface area (Å²) in [7, 11) is 0. The second-order valence-electron chi connectivity index (χ2n) is 3.73. The summed E-state index contributed by atoms with van der Waals surface area (Å²) < 4.78 is 5.91. The second-order valence-corrected chi connectivity index (χ2v) is 3.73. The summed E-state index contributed by atoms with van der Waals surface area (Å²) in [5.41, 5.74) is -0.681. The van der Waals surface area contributed by atoms with Gasteiger partial charge in [0.15, 0.2) is 6.23 Å². The molecule has 2 heterocycles. The number of ether oxygens (including phenoxy) is 1. The lowest BCUT2D eigenvalue weighted by molar-refractivity contribution is -0.0611. The first-order chi connectivity index (χ1) is 8.04. The van der Waals surface area contributed by atoms with Crippen molar-refractivity contribution in [1.29, 1.82) is 0 Å². The first kappa shape index (κ1) is 12.0. The summed E-state index contributed by atoms with van der Waals surface area (Å²) in [5.74, 6) is -0.307. The molecular weight excluding hydrogens is 232 g/mol. The highest BCUT2D eigenvalue weighted by Crippen LogP contribution is 2.27. The van der Waals surface area contributed by atoms with Gasteiger partial charge in [-0.25, -0.2) is 0 Å². The van der Waals surface area contributed by atoms with Crippen LogP contribution in [0.1, 0.15) is 6.23 Å². The van der Waals surface area contributed by atoms with Gasteiger partial charge in [-0.05, 0) is 0 Å². The highest BCUT2D eigenvalue weighted by molar-refractivity contribution is 5.11. The van der Waals surface area contributed by atoms with Gasteiger partial charge in [-0.2, -0.15) is 9.78 Å². The van der Waals surface area contributed by atoms with Crippen LogP contribution in [0.25, 0.3) is 0 Å². The quantitative estimate of drug-likeness (QED) is 0.455. The van der Waals surface area contributed by atoms with Crippen molar-refractivity contribution in [2.24, 2.45) is 0 Å². The lowest BCUT2D eigenvalue weighted by atomic mass is 10.1. The highest BCUT2D eigenvalue weighted by Gasteiger charge is 2.44. The lowest BCUT2D eigenvalue weighted by Crippen LogP contribution is -2.36. The van der Waals surface area contributed by atoms with Gasteiger partial charge in [-0.3, -0.25) is 4.79 Å². The van der Waals surface area contributed by atoms with E-state index in [1.54, 1.807) is 0 Å². The maximum Gasteiger partial charge on any atom is 0.272 e. The molecule has 4 N–H and O–H groups in total. The summed E-state index contributed by atoms with van der Waals surface area (Å²) in [6, 6.07) is 0.904. The van der Waals surface area contributed by atoms with Crippen LogP contribution >= 0.6 is 0 Å². The standard InChI is InChI=1S/C9H12N2O6/c12-3-5-7(15)8(16)9(17-5)11-6(14)1-4(13)2-10-11/h1-2,5,7-9,12-13,15-16H,3H2/t5-,7+,8-,9+/m0/s1. The van der Waals surface area contributed by atoms with Crippen LogP contribution < -0.4 is 5.56 Å². The van der Waals surface area contributed by atoms with Gasteiger partial charge in [-0.15, -0.1) is 0 Å². The van der Waals surface area contributed by atoms with Crippen molar-refractivity contribution in [1.82, 2.24) is 9.78 Å². The summed E-state index contributed by atoms with van der Waals surface area (Å²) >= 11 is 0. The van der Waals surface area contributed by atoms with Crippen LogP contribution in [0.5, 0.6) is 5.75 Å². The zero-order valence-corrected chi connectivity index (χ0v) is 8.67. The van der Waals surface area contributed by atoms with Crippen molar-refractivity contribution >= 4 is 0 Å². The number of rotatable bonds is 2. The van der Waals surface area contributed by atoms with E-state index >= 15 is 0 Å². The van der Waals surface area contributed by atoms with Gasteiger partial charge < -0.3 is 25.2 Å². The Labute approximate surface area is 95.3 Å². The van der Waals surface area contributed by atoms with E-state index in [1.807, 2.05) is 0 Å². The predicted octanol–water partition coefficient (Wildman–Crippen LogP) is -2.44. The normalized spacial score (nSPS) is 32.9. The number of aliphatic hydroxyl groups excluding tert-OH is 3. The summed E-state index contributed by atoms with van der Waals surface area (Å²) in [4.78, 5) is 11.5. The number of hydrogen-bond acceptors (Lipinski definition) is 7. The SMILES string of the molecule is O=c1cc(O)cnn1[C@@H]1O[C@@H](CO)[C@@H](O)[C@@H]1O. The van der Waals surface area contributed by atoms with E-state index in [-0.39, 0.29) is 5.75 Å². The van der Waals surface area contributed by atoms with Gasteiger partial charge in [-0.1, -0.05) is 0 Å². The van der Waals surface area contributed by atoms with Crippen molar-refractivity contribution in [2.45, 2.75) is 24.5 Å². The Balaban J connectivity index is 2.32. The van der Waals surface area contributed by atoms with Crippen LogP contribution in [0.2, 0.25) is 0 Å². The molecule has 1 aromatic heterocycles. The van der Waals surface area contributed by atoms with Gasteiger partial charge >= 0.3 is 0 Å². The van der Waals surface area contributed by atoms with Gasteiger partial charge in [0.25, 0.3) is 5.56 Å². The number of aromatic hydroxyl groups is 1. The molecule has 0 bridgehead atoms. The van der Waals surface area contributed by atoms with Crippen molar-refractivity contribution in [3.63, 3.8) is 0 Å². The minimum atomic E-state index is -1.37. The zero-order chi connectivity index (χ0) is 12.6. The van der Waals surface area contributed by atoms with E-state index in [0.717, 1.165) is 16.9 Å². The molecule has 4 atom stereocenters. The Bertz CT molecular complexity index is 461. The molecule has 1 aliphatic heterocycles. The molecule has 94 valence electrons. The minimum Gasteiger partial charge on any atom is -0.506 e. The van der Waals surface area contributed by atoms with E-state index in [4.69, 9.17) is 14.9 Å². The molecule has 0 amide bonds. The molecule has 0 spiro atoms. The maximum atomic E-state index is 11.5. The molecule has 1 fully saturated rings. The molecule has 0 saturated carbocycles. The van der Waals surface area contributed by atoms with Gasteiger partial charge in [0.1, 0.15) is 24.1 Å². The van der Waals surface area contributed by atoms with Crippen LogP contribution in [0.15, 0.2) is 17.1 Å². The Morgan fingerprint density at radius 3 is 2.65 bits per heavy atom. The average molecular weight is 244 g/mol. The van der Waals surface area contributed by atoms with Crippen molar-refractivity contribution < 1.29 is 25.2 Å². The largest absolute Gasteiger partial charge is 0.506 e. The Kier molecular flexibility index (Phi) is 3.11. The van der Waals surface area contributed by atoms with Gasteiger partial charge in [0, 0.05) is 6.07 Å².